The highest BCUT2D eigenvalue weighted by Gasteiger charge is 2.08. The first-order valence-electron chi connectivity index (χ1n) is 7.86. The summed E-state index contributed by atoms with van der Waals surface area (Å²) in [7, 11) is 0. The summed E-state index contributed by atoms with van der Waals surface area (Å²) in [5.74, 6) is 0.187. The standard InChI is InChI=1S/C18H18N4OS3/c1-11-3-4-12(2)15(9-11)25-14-7-5-13(6-8-14)20-16(23)10-24-18-22-21-17(19)26-18/h3-9H,10H2,1-2H3,(H2,19,21)(H,20,23). The van der Waals surface area contributed by atoms with Crippen LogP contribution in [0.5, 0.6) is 0 Å². The average molecular weight is 403 g/mol. The minimum absolute atomic E-state index is 0.0845. The van der Waals surface area contributed by atoms with E-state index < -0.39 is 0 Å². The first kappa shape index (κ1) is 18.8. The highest BCUT2D eigenvalue weighted by molar-refractivity contribution is 8.01. The SMILES string of the molecule is Cc1ccc(C)c(Sc2ccc(NC(=O)CSc3nnc(N)s3)cc2)c1. The lowest BCUT2D eigenvalue weighted by molar-refractivity contribution is -0.113. The van der Waals surface area contributed by atoms with Gasteiger partial charge in [-0.25, -0.2) is 0 Å². The van der Waals surface area contributed by atoms with Gasteiger partial charge in [0, 0.05) is 15.5 Å². The Bertz CT molecular complexity index is 909. The highest BCUT2D eigenvalue weighted by atomic mass is 32.2. The number of nitrogen functional groups attached to an aromatic ring is 1. The monoisotopic (exact) mass is 402 g/mol. The molecule has 0 aliphatic rings. The number of nitrogens with two attached hydrogens (primary N) is 1. The summed E-state index contributed by atoms with van der Waals surface area (Å²) < 4.78 is 0.693. The molecule has 1 heterocycles. The van der Waals surface area contributed by atoms with Crippen molar-refractivity contribution >= 4 is 51.6 Å². The second-order valence-electron chi connectivity index (χ2n) is 5.64. The molecule has 2 aromatic carbocycles. The minimum Gasteiger partial charge on any atom is -0.374 e. The number of aromatic nitrogens is 2. The number of amides is 1. The molecule has 1 amide bonds. The first-order chi connectivity index (χ1) is 12.5. The normalized spacial score (nSPS) is 10.7. The number of carbonyl (C=O) groups excluding carboxylic acids is 1. The second-order valence-corrected chi connectivity index (χ2v) is 8.99. The summed E-state index contributed by atoms with van der Waals surface area (Å²) in [5.41, 5.74) is 8.80. The number of hydrogen-bond donors (Lipinski definition) is 2. The van der Waals surface area contributed by atoms with Gasteiger partial charge in [-0.1, -0.05) is 47.0 Å². The molecule has 26 heavy (non-hydrogen) atoms. The molecule has 0 aliphatic carbocycles. The van der Waals surface area contributed by atoms with Gasteiger partial charge in [0.15, 0.2) is 4.34 Å². The molecule has 134 valence electrons. The Labute approximate surface area is 164 Å². The maximum absolute atomic E-state index is 12.0. The Morgan fingerprint density at radius 2 is 1.92 bits per heavy atom. The Hall–Kier alpha value is -2.03. The van der Waals surface area contributed by atoms with Crippen LogP contribution in [0.1, 0.15) is 11.1 Å². The van der Waals surface area contributed by atoms with Gasteiger partial charge < -0.3 is 11.1 Å². The lowest BCUT2D eigenvalue weighted by Gasteiger charge is -2.08. The predicted octanol–water partition coefficient (Wildman–Crippen LogP) is 4.62. The van der Waals surface area contributed by atoms with E-state index in [0.717, 1.165) is 10.6 Å². The molecule has 0 bridgehead atoms. The molecule has 3 N–H and O–H groups in total. The van der Waals surface area contributed by atoms with Crippen LogP contribution in [0.3, 0.4) is 0 Å². The average Bonchev–Trinajstić information content (AvgIpc) is 3.03. The van der Waals surface area contributed by atoms with Crippen LogP contribution in [0.15, 0.2) is 56.6 Å². The molecule has 3 rings (SSSR count). The molecule has 0 atom stereocenters. The van der Waals surface area contributed by atoms with E-state index in [1.54, 1.807) is 11.8 Å². The van der Waals surface area contributed by atoms with E-state index in [1.807, 2.05) is 24.3 Å². The van der Waals surface area contributed by atoms with Crippen molar-refractivity contribution in [2.24, 2.45) is 0 Å². The van der Waals surface area contributed by atoms with Gasteiger partial charge in [0.2, 0.25) is 11.0 Å². The fourth-order valence-corrected chi connectivity index (χ4v) is 4.59. The van der Waals surface area contributed by atoms with Crippen molar-refractivity contribution in [3.63, 3.8) is 0 Å². The third kappa shape index (κ3) is 5.23. The molecule has 0 spiro atoms. The van der Waals surface area contributed by atoms with Gasteiger partial charge in [-0.2, -0.15) is 0 Å². The van der Waals surface area contributed by atoms with E-state index in [0.29, 0.717) is 9.47 Å². The van der Waals surface area contributed by atoms with Crippen LogP contribution in [0.2, 0.25) is 0 Å². The van der Waals surface area contributed by atoms with E-state index in [-0.39, 0.29) is 11.7 Å². The zero-order valence-corrected chi connectivity index (χ0v) is 16.8. The molecule has 8 heteroatoms. The number of rotatable bonds is 6. The fourth-order valence-electron chi connectivity index (χ4n) is 2.15. The third-order valence-electron chi connectivity index (χ3n) is 3.46. The maximum Gasteiger partial charge on any atom is 0.234 e. The predicted molar refractivity (Wildman–Crippen MR) is 110 cm³/mol. The van der Waals surface area contributed by atoms with Gasteiger partial charge in [-0.05, 0) is 55.3 Å². The van der Waals surface area contributed by atoms with Crippen molar-refractivity contribution in [2.75, 3.05) is 16.8 Å². The van der Waals surface area contributed by atoms with Gasteiger partial charge >= 0.3 is 0 Å². The van der Waals surface area contributed by atoms with Crippen LogP contribution >= 0.6 is 34.9 Å². The molecule has 0 saturated heterocycles. The van der Waals surface area contributed by atoms with Crippen molar-refractivity contribution in [3.05, 3.63) is 53.6 Å². The number of nitrogens with zero attached hydrogens (tertiary/aromatic N) is 2. The van der Waals surface area contributed by atoms with E-state index in [2.05, 4.69) is 47.6 Å². The van der Waals surface area contributed by atoms with Gasteiger partial charge in [0.05, 0.1) is 5.75 Å². The summed E-state index contributed by atoms with van der Waals surface area (Å²) in [6, 6.07) is 14.3. The van der Waals surface area contributed by atoms with Crippen LogP contribution in [0.25, 0.3) is 0 Å². The van der Waals surface area contributed by atoms with Gasteiger partial charge in [0.1, 0.15) is 0 Å². The number of aryl methyl sites for hydroxylation is 2. The maximum atomic E-state index is 12.0. The summed E-state index contributed by atoms with van der Waals surface area (Å²) in [6.45, 7) is 4.20. The number of nitrogens with one attached hydrogen (secondary N) is 1. The van der Waals surface area contributed by atoms with Gasteiger partial charge in [-0.3, -0.25) is 4.79 Å². The van der Waals surface area contributed by atoms with Crippen molar-refractivity contribution in [1.82, 2.24) is 10.2 Å². The molecule has 0 fully saturated rings. The molecule has 1 aromatic heterocycles. The summed E-state index contributed by atoms with van der Waals surface area (Å²) >= 11 is 4.33. The van der Waals surface area contributed by atoms with Crippen molar-refractivity contribution in [3.8, 4) is 0 Å². The molecule has 0 unspecified atom stereocenters. The fraction of sp³-hybridized carbons (Fsp3) is 0.167. The topological polar surface area (TPSA) is 80.9 Å². The molecule has 3 aromatic rings. The summed E-state index contributed by atoms with van der Waals surface area (Å²) in [6.07, 6.45) is 0. The molecular formula is C18H18N4OS3. The van der Waals surface area contributed by atoms with Crippen LogP contribution in [0.4, 0.5) is 10.8 Å². The largest absolute Gasteiger partial charge is 0.374 e. The van der Waals surface area contributed by atoms with Crippen LogP contribution in [0, 0.1) is 13.8 Å². The minimum atomic E-state index is -0.0845. The Morgan fingerprint density at radius 1 is 1.15 bits per heavy atom. The Morgan fingerprint density at radius 3 is 2.62 bits per heavy atom. The molecular weight excluding hydrogens is 384 g/mol. The van der Waals surface area contributed by atoms with Crippen molar-refractivity contribution in [1.29, 1.82) is 0 Å². The summed E-state index contributed by atoms with van der Waals surface area (Å²) in [5, 5.41) is 10.9. The van der Waals surface area contributed by atoms with Crippen LogP contribution < -0.4 is 11.1 Å². The van der Waals surface area contributed by atoms with Crippen molar-refractivity contribution in [2.45, 2.75) is 28.0 Å². The lowest BCUT2D eigenvalue weighted by Crippen LogP contribution is -2.13. The molecule has 0 aliphatic heterocycles. The zero-order chi connectivity index (χ0) is 18.5. The second kappa shape index (κ2) is 8.57. The molecule has 5 nitrogen and oxygen atoms in total. The first-order valence-corrected chi connectivity index (χ1v) is 10.5. The van der Waals surface area contributed by atoms with E-state index >= 15 is 0 Å². The highest BCUT2D eigenvalue weighted by Crippen LogP contribution is 2.31. The lowest BCUT2D eigenvalue weighted by atomic mass is 10.2. The Balaban J connectivity index is 1.55. The van der Waals surface area contributed by atoms with Crippen LogP contribution in [-0.4, -0.2) is 21.9 Å². The quantitative estimate of drug-likeness (QED) is 0.586. The van der Waals surface area contributed by atoms with Gasteiger partial charge in [0.25, 0.3) is 0 Å². The van der Waals surface area contributed by atoms with Crippen LogP contribution in [-0.2, 0) is 4.79 Å². The number of anilines is 2. The third-order valence-corrected chi connectivity index (χ3v) is 6.51. The number of benzene rings is 2. The van der Waals surface area contributed by atoms with Gasteiger partial charge in [-0.15, -0.1) is 10.2 Å². The molecule has 0 saturated carbocycles. The zero-order valence-electron chi connectivity index (χ0n) is 14.4. The number of carbonyl (C=O) groups is 1. The van der Waals surface area contributed by atoms with E-state index in [1.165, 1.54) is 39.1 Å². The van der Waals surface area contributed by atoms with E-state index in [4.69, 9.17) is 5.73 Å². The summed E-state index contributed by atoms with van der Waals surface area (Å²) in [4.78, 5) is 14.4. The van der Waals surface area contributed by atoms with Crippen molar-refractivity contribution < 1.29 is 4.79 Å². The number of thioether (sulfide) groups is 1. The molecule has 0 radical (unpaired) electrons. The smallest absolute Gasteiger partial charge is 0.234 e. The van der Waals surface area contributed by atoms with E-state index in [9.17, 15) is 4.79 Å². The Kier molecular flexibility index (Phi) is 6.18. The number of hydrogen-bond acceptors (Lipinski definition) is 7.